The number of para-hydroxylation sites is 1. The van der Waals surface area contributed by atoms with Gasteiger partial charge in [-0.2, -0.15) is 0 Å². The van der Waals surface area contributed by atoms with Crippen molar-refractivity contribution in [3.05, 3.63) is 36.0 Å². The second kappa shape index (κ2) is 14.8. The fourth-order valence-electron chi connectivity index (χ4n) is 4.09. The molecule has 2 rings (SSSR count). The lowest BCUT2D eigenvalue weighted by atomic mass is 10.00. The van der Waals surface area contributed by atoms with Crippen molar-refractivity contribution in [3.8, 4) is 0 Å². The van der Waals surface area contributed by atoms with Gasteiger partial charge in [0.15, 0.2) is 0 Å². The molecule has 0 aliphatic carbocycles. The third-order valence-corrected chi connectivity index (χ3v) is 6.15. The lowest BCUT2D eigenvalue weighted by Gasteiger charge is -2.26. The van der Waals surface area contributed by atoms with E-state index in [1.165, 1.54) is 0 Å². The molecule has 0 fully saturated rings. The van der Waals surface area contributed by atoms with Crippen molar-refractivity contribution in [2.45, 2.75) is 70.1 Å². The van der Waals surface area contributed by atoms with Gasteiger partial charge in [-0.3, -0.25) is 19.2 Å². The topological polar surface area (TPSA) is 230 Å². The van der Waals surface area contributed by atoms with E-state index in [1.807, 2.05) is 38.1 Å². The van der Waals surface area contributed by atoms with Gasteiger partial charge in [-0.25, -0.2) is 4.79 Å². The Hall–Kier alpha value is -3.97. The molecule has 0 radical (unpaired) electrons. The van der Waals surface area contributed by atoms with E-state index in [1.54, 1.807) is 6.20 Å². The average Bonchev–Trinajstić information content (AvgIpc) is 3.27. The van der Waals surface area contributed by atoms with Crippen molar-refractivity contribution >= 4 is 40.6 Å². The van der Waals surface area contributed by atoms with Crippen molar-refractivity contribution < 1.29 is 34.2 Å². The highest BCUT2D eigenvalue weighted by Gasteiger charge is 2.31. The second-order valence-corrected chi connectivity index (χ2v) is 9.83. The number of amides is 3. The molecule has 39 heavy (non-hydrogen) atoms. The Bertz CT molecular complexity index is 1160. The van der Waals surface area contributed by atoms with Crippen LogP contribution in [0.25, 0.3) is 10.9 Å². The first-order chi connectivity index (χ1) is 18.4. The van der Waals surface area contributed by atoms with Crippen LogP contribution in [0.1, 0.15) is 45.1 Å². The van der Waals surface area contributed by atoms with Crippen molar-refractivity contribution in [3.63, 3.8) is 0 Å². The molecule has 4 atom stereocenters. The summed E-state index contributed by atoms with van der Waals surface area (Å²) in [5.74, 6) is -4.67. The molecule has 0 aliphatic rings. The normalized spacial score (nSPS) is 14.3. The predicted molar refractivity (Wildman–Crippen MR) is 143 cm³/mol. The first kappa shape index (κ1) is 31.2. The van der Waals surface area contributed by atoms with Crippen LogP contribution in [0.2, 0.25) is 0 Å². The largest absolute Gasteiger partial charge is 0.481 e. The van der Waals surface area contributed by atoms with Crippen LogP contribution < -0.4 is 27.4 Å². The van der Waals surface area contributed by atoms with Crippen LogP contribution in [-0.4, -0.2) is 75.6 Å². The summed E-state index contributed by atoms with van der Waals surface area (Å²) in [6, 6.07) is 2.82. The number of rotatable bonds is 16. The van der Waals surface area contributed by atoms with Crippen LogP contribution in [0.4, 0.5) is 0 Å². The van der Waals surface area contributed by atoms with Gasteiger partial charge in [0.1, 0.15) is 18.1 Å². The number of aliphatic carboxylic acids is 2. The first-order valence-corrected chi connectivity index (χ1v) is 12.8. The summed E-state index contributed by atoms with van der Waals surface area (Å²) >= 11 is 0. The highest BCUT2D eigenvalue weighted by atomic mass is 16.4. The zero-order valence-electron chi connectivity index (χ0n) is 22.1. The fraction of sp³-hybridized carbons (Fsp3) is 0.500. The summed E-state index contributed by atoms with van der Waals surface area (Å²) in [6.45, 7) is 3.82. The van der Waals surface area contributed by atoms with E-state index in [9.17, 15) is 29.1 Å². The second-order valence-electron chi connectivity index (χ2n) is 9.83. The average molecular weight is 547 g/mol. The quantitative estimate of drug-likeness (QED) is 0.140. The van der Waals surface area contributed by atoms with E-state index >= 15 is 0 Å². The molecule has 1 aromatic carbocycles. The Kier molecular flexibility index (Phi) is 11.9. The van der Waals surface area contributed by atoms with E-state index in [4.69, 9.17) is 16.6 Å². The molecule has 0 saturated carbocycles. The molecular formula is C26H38N6O7. The Morgan fingerprint density at radius 2 is 1.51 bits per heavy atom. The minimum atomic E-state index is -1.45. The lowest BCUT2D eigenvalue weighted by molar-refractivity contribution is -0.143. The molecule has 13 heteroatoms. The third-order valence-electron chi connectivity index (χ3n) is 6.15. The van der Waals surface area contributed by atoms with Crippen LogP contribution in [0, 0.1) is 5.92 Å². The van der Waals surface area contributed by atoms with Crippen LogP contribution in [0.3, 0.4) is 0 Å². The number of aromatic nitrogens is 1. The minimum Gasteiger partial charge on any atom is -0.481 e. The number of carboxylic acid groups (broad SMARTS) is 2. The van der Waals surface area contributed by atoms with Gasteiger partial charge in [0.2, 0.25) is 17.7 Å². The molecular weight excluding hydrogens is 508 g/mol. The Labute approximate surface area is 226 Å². The Morgan fingerprint density at radius 3 is 2.13 bits per heavy atom. The monoisotopic (exact) mass is 546 g/mol. The molecule has 0 spiro atoms. The molecule has 0 aliphatic heterocycles. The van der Waals surface area contributed by atoms with Gasteiger partial charge in [0.25, 0.3) is 0 Å². The number of hydrogen-bond donors (Lipinski definition) is 8. The van der Waals surface area contributed by atoms with Crippen molar-refractivity contribution in [1.29, 1.82) is 0 Å². The van der Waals surface area contributed by atoms with E-state index in [0.717, 1.165) is 16.5 Å². The van der Waals surface area contributed by atoms with E-state index in [0.29, 0.717) is 0 Å². The molecule has 214 valence electrons. The van der Waals surface area contributed by atoms with Gasteiger partial charge < -0.3 is 42.6 Å². The van der Waals surface area contributed by atoms with Gasteiger partial charge in [0, 0.05) is 29.9 Å². The summed E-state index contributed by atoms with van der Waals surface area (Å²) in [7, 11) is 0. The third kappa shape index (κ3) is 9.69. The van der Waals surface area contributed by atoms with Crippen molar-refractivity contribution in [2.24, 2.45) is 17.4 Å². The van der Waals surface area contributed by atoms with Crippen LogP contribution >= 0.6 is 0 Å². The van der Waals surface area contributed by atoms with Gasteiger partial charge in [0.05, 0.1) is 6.04 Å². The summed E-state index contributed by atoms with van der Waals surface area (Å²) in [6.07, 6.45) is 1.41. The molecule has 13 nitrogen and oxygen atoms in total. The number of fused-ring (bicyclic) bond motifs is 1. The summed E-state index contributed by atoms with van der Waals surface area (Å²) < 4.78 is 0. The summed E-state index contributed by atoms with van der Waals surface area (Å²) in [4.78, 5) is 64.8. The summed E-state index contributed by atoms with van der Waals surface area (Å²) in [5, 5.41) is 26.8. The molecule has 10 N–H and O–H groups in total. The molecule has 3 amide bonds. The zero-order valence-corrected chi connectivity index (χ0v) is 22.1. The Morgan fingerprint density at radius 1 is 0.897 bits per heavy atom. The summed E-state index contributed by atoms with van der Waals surface area (Å²) in [5.41, 5.74) is 13.0. The predicted octanol–water partition coefficient (Wildman–Crippen LogP) is -0.164. The number of carbonyl (C=O) groups excluding carboxylic acids is 3. The molecule has 2 aromatic rings. The van der Waals surface area contributed by atoms with Gasteiger partial charge in [-0.1, -0.05) is 32.0 Å². The van der Waals surface area contributed by atoms with Crippen molar-refractivity contribution in [1.82, 2.24) is 20.9 Å². The fourth-order valence-corrected chi connectivity index (χ4v) is 4.09. The minimum absolute atomic E-state index is 0.0667. The number of nitrogens with one attached hydrogen (secondary N) is 4. The first-order valence-electron chi connectivity index (χ1n) is 12.8. The van der Waals surface area contributed by atoms with Gasteiger partial charge >= 0.3 is 11.9 Å². The molecule has 0 saturated heterocycles. The maximum Gasteiger partial charge on any atom is 0.326 e. The number of carboxylic acids is 2. The number of carbonyl (C=O) groups is 5. The maximum absolute atomic E-state index is 13.5. The SMILES string of the molecule is CC(C)C[C@H](NC(=O)[C@H](Cc1c[nH]c2ccccc12)NC(=O)[C@@H](N)CCN)C(=O)N[C@@H](CCC(=O)O)C(=O)O. The smallest absolute Gasteiger partial charge is 0.326 e. The van der Waals surface area contributed by atoms with Gasteiger partial charge in [-0.05, 0) is 43.4 Å². The number of benzene rings is 1. The maximum atomic E-state index is 13.5. The van der Waals surface area contributed by atoms with Crippen LogP contribution in [0.15, 0.2) is 30.5 Å². The lowest BCUT2D eigenvalue weighted by Crippen LogP contribution is -2.58. The Balaban J connectivity index is 2.28. The molecule has 1 aromatic heterocycles. The standard InChI is InChI=1S/C26H38N6O7/c1-14(2)11-20(24(36)30-19(26(38)39)7-8-22(33)34)32-25(37)21(31-23(35)17(28)9-10-27)12-15-13-29-18-6-4-3-5-16(15)18/h3-6,13-14,17,19-21,29H,7-12,27-28H2,1-2H3,(H,30,36)(H,31,35)(H,32,37)(H,33,34)(H,38,39)/t17-,19-,20-,21-/m0/s1. The van der Waals surface area contributed by atoms with Crippen LogP contribution in [-0.2, 0) is 30.4 Å². The van der Waals surface area contributed by atoms with E-state index < -0.39 is 60.2 Å². The highest BCUT2D eigenvalue weighted by molar-refractivity contribution is 5.95. The molecule has 0 unspecified atom stereocenters. The number of aromatic amines is 1. The highest BCUT2D eigenvalue weighted by Crippen LogP contribution is 2.19. The molecule has 0 bridgehead atoms. The number of hydrogen-bond acceptors (Lipinski definition) is 7. The van der Waals surface area contributed by atoms with E-state index in [-0.39, 0.29) is 38.1 Å². The zero-order chi connectivity index (χ0) is 29.1. The molecule has 1 heterocycles. The van der Waals surface area contributed by atoms with Gasteiger partial charge in [-0.15, -0.1) is 0 Å². The number of nitrogens with two attached hydrogens (primary N) is 2. The van der Waals surface area contributed by atoms with Crippen molar-refractivity contribution in [2.75, 3.05) is 6.54 Å². The number of H-pyrrole nitrogens is 1. The van der Waals surface area contributed by atoms with E-state index in [2.05, 4.69) is 20.9 Å². The van der Waals surface area contributed by atoms with Crippen LogP contribution in [0.5, 0.6) is 0 Å².